The topological polar surface area (TPSA) is 117 Å². The summed E-state index contributed by atoms with van der Waals surface area (Å²) in [5.74, 6) is 0.625. The Morgan fingerprint density at radius 1 is 1.22 bits per heavy atom. The molecule has 1 aromatic carbocycles. The molecule has 1 saturated carbocycles. The van der Waals surface area contributed by atoms with Crippen LogP contribution in [0.5, 0.6) is 0 Å². The van der Waals surface area contributed by atoms with Crippen LogP contribution in [-0.4, -0.2) is 44.1 Å². The van der Waals surface area contributed by atoms with Gasteiger partial charge in [-0.15, -0.1) is 0 Å². The van der Waals surface area contributed by atoms with Gasteiger partial charge in [-0.2, -0.15) is 10.4 Å². The third kappa shape index (κ3) is 4.71. The molecule has 0 bridgehead atoms. The van der Waals surface area contributed by atoms with E-state index in [0.717, 1.165) is 36.0 Å². The number of benzene rings is 1. The van der Waals surface area contributed by atoms with Crippen molar-refractivity contribution in [3.63, 3.8) is 0 Å². The summed E-state index contributed by atoms with van der Waals surface area (Å²) in [5.41, 5.74) is 4.95. The van der Waals surface area contributed by atoms with Crippen LogP contribution in [-0.2, 0) is 4.79 Å². The van der Waals surface area contributed by atoms with Crippen molar-refractivity contribution in [2.45, 2.75) is 65.0 Å². The highest BCUT2D eigenvalue weighted by Gasteiger charge is 2.34. The molecule has 5 rings (SSSR count). The van der Waals surface area contributed by atoms with Gasteiger partial charge >= 0.3 is 0 Å². The van der Waals surface area contributed by atoms with E-state index in [4.69, 9.17) is 0 Å². The molecule has 2 amide bonds. The number of aryl methyl sites for hydroxylation is 2. The average Bonchev–Trinajstić information content (AvgIpc) is 3.42. The Labute approximate surface area is 216 Å². The smallest absolute Gasteiger partial charge is 0.254 e. The number of carbonyl (C=O) groups excluding carboxylic acids is 2. The predicted octanol–water partition coefficient (Wildman–Crippen LogP) is 3.82. The van der Waals surface area contributed by atoms with Crippen LogP contribution >= 0.6 is 0 Å². The molecule has 2 fully saturated rings. The van der Waals surface area contributed by atoms with Crippen LogP contribution in [0, 0.1) is 31.1 Å². The Kier molecular flexibility index (Phi) is 6.50. The molecule has 2 aromatic heterocycles. The third-order valence-electron chi connectivity index (χ3n) is 7.65. The number of nitriles is 1. The van der Waals surface area contributed by atoms with Gasteiger partial charge in [-0.05, 0) is 57.6 Å². The molecular weight excluding hydrogens is 466 g/mol. The quantitative estimate of drug-likeness (QED) is 0.553. The van der Waals surface area contributed by atoms with E-state index >= 15 is 0 Å². The van der Waals surface area contributed by atoms with E-state index in [1.807, 2.05) is 39.8 Å². The second-order valence-corrected chi connectivity index (χ2v) is 10.3. The van der Waals surface area contributed by atoms with Crippen molar-refractivity contribution in [2.75, 3.05) is 11.4 Å². The first kappa shape index (κ1) is 24.6. The van der Waals surface area contributed by atoms with E-state index in [2.05, 4.69) is 32.5 Å². The lowest BCUT2D eigenvalue weighted by atomic mass is 9.74. The Morgan fingerprint density at radius 2 is 1.95 bits per heavy atom. The molecule has 0 spiro atoms. The normalized spacial score (nSPS) is 21.9. The lowest BCUT2D eigenvalue weighted by molar-refractivity contribution is -0.119. The van der Waals surface area contributed by atoms with E-state index < -0.39 is 0 Å². The molecule has 0 radical (unpaired) electrons. The maximum atomic E-state index is 13.0. The Hall–Kier alpha value is -4.06. The molecule has 2 aliphatic rings. The van der Waals surface area contributed by atoms with Crippen molar-refractivity contribution in [1.82, 2.24) is 25.1 Å². The molecule has 1 aliphatic carbocycles. The van der Waals surface area contributed by atoms with Gasteiger partial charge in [0, 0.05) is 42.7 Å². The highest BCUT2D eigenvalue weighted by molar-refractivity contribution is 5.95. The minimum atomic E-state index is -0.179. The predicted molar refractivity (Wildman–Crippen MR) is 138 cm³/mol. The van der Waals surface area contributed by atoms with E-state index in [9.17, 15) is 14.9 Å². The van der Waals surface area contributed by atoms with Crippen LogP contribution in [0.25, 0.3) is 0 Å². The summed E-state index contributed by atoms with van der Waals surface area (Å²) >= 11 is 0. The minimum absolute atomic E-state index is 0.00203. The van der Waals surface area contributed by atoms with Crippen molar-refractivity contribution < 1.29 is 9.59 Å². The molecule has 1 aliphatic heterocycles. The number of rotatable bonds is 6. The highest BCUT2D eigenvalue weighted by atomic mass is 16.2. The number of hydrogen-bond donors (Lipinski definition) is 1. The lowest BCUT2D eigenvalue weighted by Crippen LogP contribution is -2.43. The molecule has 37 heavy (non-hydrogen) atoms. The molecule has 1 saturated heterocycles. The highest BCUT2D eigenvalue weighted by Crippen LogP contribution is 2.39. The number of nitrogens with zero attached hydrogens (tertiary/aromatic N) is 6. The number of hydrogen-bond acceptors (Lipinski definition) is 6. The van der Waals surface area contributed by atoms with Gasteiger partial charge in [0.25, 0.3) is 5.91 Å². The second-order valence-electron chi connectivity index (χ2n) is 10.3. The first-order chi connectivity index (χ1) is 17.7. The van der Waals surface area contributed by atoms with Gasteiger partial charge in [0.15, 0.2) is 0 Å². The molecule has 9 nitrogen and oxygen atoms in total. The summed E-state index contributed by atoms with van der Waals surface area (Å²) in [4.78, 5) is 35.8. The van der Waals surface area contributed by atoms with Crippen LogP contribution < -0.4 is 10.2 Å². The number of aromatic nitrogens is 4. The Balaban J connectivity index is 1.22. The van der Waals surface area contributed by atoms with Crippen LogP contribution in [0.4, 0.5) is 5.95 Å². The van der Waals surface area contributed by atoms with E-state index in [-0.39, 0.29) is 35.7 Å². The summed E-state index contributed by atoms with van der Waals surface area (Å²) in [7, 11) is 0. The van der Waals surface area contributed by atoms with Crippen molar-refractivity contribution in [2.24, 2.45) is 5.92 Å². The summed E-state index contributed by atoms with van der Waals surface area (Å²) < 4.78 is 1.75. The monoisotopic (exact) mass is 497 g/mol. The van der Waals surface area contributed by atoms with E-state index in [1.165, 1.54) is 0 Å². The zero-order valence-corrected chi connectivity index (χ0v) is 21.6. The minimum Gasteiger partial charge on any atom is -0.349 e. The summed E-state index contributed by atoms with van der Waals surface area (Å²) in [6.45, 7) is 8.38. The molecule has 190 valence electrons. The lowest BCUT2D eigenvalue weighted by Gasteiger charge is -2.36. The zero-order chi connectivity index (χ0) is 26.3. The van der Waals surface area contributed by atoms with Crippen molar-refractivity contribution in [3.05, 3.63) is 70.3 Å². The van der Waals surface area contributed by atoms with Gasteiger partial charge < -0.3 is 5.32 Å². The second kappa shape index (κ2) is 9.77. The fourth-order valence-electron chi connectivity index (χ4n) is 5.14. The third-order valence-corrected chi connectivity index (χ3v) is 7.65. The van der Waals surface area contributed by atoms with Gasteiger partial charge in [-0.25, -0.2) is 9.97 Å². The van der Waals surface area contributed by atoms with Gasteiger partial charge in [0.1, 0.15) is 0 Å². The number of anilines is 1. The molecule has 1 N–H and O–H groups in total. The SMILES string of the molecule is Cc1ccc(C#N)c([C@H]2C[C@@H](NC(=O)c3cn(C(C)c4cnc(N5CC[C@H](C)C5=O)nc4)nc3C)C2)c1. The van der Waals surface area contributed by atoms with Crippen molar-refractivity contribution in [3.8, 4) is 6.07 Å². The molecule has 1 unspecified atom stereocenters. The first-order valence-electron chi connectivity index (χ1n) is 12.8. The molecule has 9 heteroatoms. The largest absolute Gasteiger partial charge is 0.349 e. The summed E-state index contributed by atoms with van der Waals surface area (Å²) in [5, 5.41) is 17.1. The fourth-order valence-corrected chi connectivity index (χ4v) is 5.14. The van der Waals surface area contributed by atoms with E-state index in [1.54, 1.807) is 28.2 Å². The standard InChI is InChI=1S/C28H31N7O2/c1-16-5-6-20(12-29)24(9-16)21-10-23(11-21)32-26(36)25-15-35(33-18(25)3)19(4)22-13-30-28(31-14-22)34-8-7-17(2)27(34)37/h5-6,9,13-15,17,19,21,23H,7-8,10-11H2,1-4H3,(H,32,36)/t17-,19?,21-,23+/m0/s1. The fraction of sp³-hybridized carbons (Fsp3) is 0.429. The summed E-state index contributed by atoms with van der Waals surface area (Å²) in [6, 6.07) is 8.09. The molecule has 2 atom stereocenters. The van der Waals surface area contributed by atoms with Crippen molar-refractivity contribution in [1.29, 1.82) is 5.26 Å². The first-order valence-corrected chi connectivity index (χ1v) is 12.8. The van der Waals surface area contributed by atoms with Crippen molar-refractivity contribution >= 4 is 17.8 Å². The molecule has 3 aromatic rings. The average molecular weight is 498 g/mol. The van der Waals surface area contributed by atoms with Gasteiger partial charge in [-0.1, -0.05) is 24.6 Å². The number of amides is 2. The molecular formula is C28H31N7O2. The van der Waals surface area contributed by atoms with Crippen LogP contribution in [0.1, 0.15) is 83.4 Å². The Bertz CT molecular complexity index is 1380. The van der Waals surface area contributed by atoms with Gasteiger partial charge in [0.05, 0.1) is 28.9 Å². The maximum Gasteiger partial charge on any atom is 0.254 e. The summed E-state index contributed by atoms with van der Waals surface area (Å²) in [6.07, 6.45) is 7.64. The number of carbonyl (C=O) groups is 2. The van der Waals surface area contributed by atoms with Gasteiger partial charge in [-0.3, -0.25) is 19.2 Å². The molecule has 3 heterocycles. The Morgan fingerprint density at radius 3 is 2.59 bits per heavy atom. The van der Waals surface area contributed by atoms with Gasteiger partial charge in [0.2, 0.25) is 11.9 Å². The number of nitrogens with one attached hydrogen (secondary N) is 1. The van der Waals surface area contributed by atoms with Crippen LogP contribution in [0.15, 0.2) is 36.8 Å². The maximum absolute atomic E-state index is 13.0. The van der Waals surface area contributed by atoms with Crippen LogP contribution in [0.3, 0.4) is 0 Å². The van der Waals surface area contributed by atoms with E-state index in [0.29, 0.717) is 29.3 Å². The van der Waals surface area contributed by atoms with Crippen LogP contribution in [0.2, 0.25) is 0 Å². The zero-order valence-electron chi connectivity index (χ0n) is 21.6.